The number of aromatic nitrogens is 2. The third kappa shape index (κ3) is 5.45. The van der Waals surface area contributed by atoms with Gasteiger partial charge in [-0.2, -0.15) is 0 Å². The van der Waals surface area contributed by atoms with E-state index < -0.39 is 11.7 Å². The highest BCUT2D eigenvalue weighted by molar-refractivity contribution is 9.10. The largest absolute Gasteiger partial charge is 0.484 e. The van der Waals surface area contributed by atoms with Crippen LogP contribution in [0.25, 0.3) is 0 Å². The minimum atomic E-state index is -0.597. The molecule has 0 aliphatic heterocycles. The summed E-state index contributed by atoms with van der Waals surface area (Å²) in [6.07, 6.45) is 0. The third-order valence-corrected chi connectivity index (χ3v) is 4.83. The number of halogens is 4. The second-order valence-corrected chi connectivity index (χ2v) is 7.21. The summed E-state index contributed by atoms with van der Waals surface area (Å²) in [5.74, 6) is -1.07. The van der Waals surface area contributed by atoms with Crippen molar-refractivity contribution in [3.63, 3.8) is 0 Å². The number of amides is 1. The van der Waals surface area contributed by atoms with Gasteiger partial charge in [0.15, 0.2) is 18.1 Å². The number of nitrogens with one attached hydrogen (secondary N) is 2. The Morgan fingerprint density at radius 3 is 2.73 bits per heavy atom. The monoisotopic (exact) mass is 517 g/mol. The van der Waals surface area contributed by atoms with Crippen molar-refractivity contribution in [1.82, 2.24) is 15.8 Å². The summed E-state index contributed by atoms with van der Waals surface area (Å²) >= 11 is 14.8. The first-order chi connectivity index (χ1) is 14.4. The van der Waals surface area contributed by atoms with Gasteiger partial charge in [-0.25, -0.2) is 14.0 Å². The molecule has 1 aromatic heterocycles. The Morgan fingerprint density at radius 2 is 2.03 bits per heavy atom. The summed E-state index contributed by atoms with van der Waals surface area (Å²) < 4.78 is 23.5. The molecule has 0 bridgehead atoms. The molecule has 3 aromatic rings. The maximum atomic E-state index is 13.4. The first-order valence-corrected chi connectivity index (χ1v) is 9.56. The number of hydroxylamine groups is 1. The Hall–Kier alpha value is -2.73. The summed E-state index contributed by atoms with van der Waals surface area (Å²) in [6, 6.07) is 8.47. The minimum absolute atomic E-state index is 0.0964. The average Bonchev–Trinajstić information content (AvgIpc) is 3.17. The molecule has 0 saturated heterocycles. The molecule has 0 aliphatic carbocycles. The Kier molecular flexibility index (Phi) is 7.21. The van der Waals surface area contributed by atoms with Gasteiger partial charge < -0.3 is 10.1 Å². The molecule has 0 atom stereocenters. The molecule has 0 fully saturated rings. The first-order valence-electron chi connectivity index (χ1n) is 8.02. The van der Waals surface area contributed by atoms with Crippen LogP contribution in [0.4, 0.5) is 15.9 Å². The van der Waals surface area contributed by atoms with E-state index in [2.05, 4.69) is 41.2 Å². The van der Waals surface area contributed by atoms with Crippen LogP contribution in [0.15, 0.2) is 50.5 Å². The van der Waals surface area contributed by atoms with Gasteiger partial charge in [-0.1, -0.05) is 23.2 Å². The van der Waals surface area contributed by atoms with Crippen molar-refractivity contribution < 1.29 is 23.8 Å². The normalized spacial score (nSPS) is 11.3. The van der Waals surface area contributed by atoms with E-state index in [1.54, 1.807) is 6.07 Å². The molecule has 1 amide bonds. The maximum Gasteiger partial charge on any atom is 0.263 e. The summed E-state index contributed by atoms with van der Waals surface area (Å²) in [6.45, 7) is -0.381. The summed E-state index contributed by atoms with van der Waals surface area (Å²) in [7, 11) is 0. The van der Waals surface area contributed by atoms with Crippen LogP contribution in [0.2, 0.25) is 10.0 Å². The fourth-order valence-electron chi connectivity index (χ4n) is 2.12. The number of hydrogen-bond donors (Lipinski definition) is 3. The molecule has 0 radical (unpaired) electrons. The fourth-order valence-corrected chi connectivity index (χ4v) is 2.78. The summed E-state index contributed by atoms with van der Waals surface area (Å²) in [4.78, 5) is 16.3. The fraction of sp³-hybridized carbons (Fsp3) is 0.0588. The lowest BCUT2D eigenvalue weighted by molar-refractivity contribution is -0.118. The number of carbonyl (C=O) groups excluding carboxylic acids is 1. The number of nitrogens with zero attached hydrogens (tertiary/aromatic N) is 3. The van der Waals surface area contributed by atoms with Gasteiger partial charge in [0.2, 0.25) is 5.82 Å². The Bertz CT molecular complexity index is 1110. The quantitative estimate of drug-likeness (QED) is 0.252. The smallest absolute Gasteiger partial charge is 0.263 e. The van der Waals surface area contributed by atoms with E-state index in [0.717, 1.165) is 0 Å². The van der Waals surface area contributed by atoms with Crippen molar-refractivity contribution in [2.75, 3.05) is 11.9 Å². The van der Waals surface area contributed by atoms with Crippen LogP contribution < -0.4 is 15.5 Å². The van der Waals surface area contributed by atoms with Crippen molar-refractivity contribution in [3.05, 3.63) is 62.4 Å². The van der Waals surface area contributed by atoms with Crippen molar-refractivity contribution >= 4 is 62.4 Å². The van der Waals surface area contributed by atoms with E-state index in [0.29, 0.717) is 10.8 Å². The highest BCUT2D eigenvalue weighted by Crippen LogP contribution is 2.26. The van der Waals surface area contributed by atoms with Crippen LogP contribution in [0.3, 0.4) is 0 Å². The Balaban J connectivity index is 1.71. The van der Waals surface area contributed by atoms with E-state index in [1.807, 2.05) is 5.48 Å². The lowest BCUT2D eigenvalue weighted by atomic mass is 10.3. The van der Waals surface area contributed by atoms with Crippen LogP contribution in [-0.4, -0.2) is 33.9 Å². The van der Waals surface area contributed by atoms with Gasteiger partial charge in [0, 0.05) is 6.07 Å². The van der Waals surface area contributed by atoms with Crippen LogP contribution in [0.1, 0.15) is 5.69 Å². The molecule has 2 aromatic carbocycles. The number of amidine groups is 1. The van der Waals surface area contributed by atoms with Crippen molar-refractivity contribution in [1.29, 1.82) is 0 Å². The molecule has 0 unspecified atom stereocenters. The maximum absolute atomic E-state index is 13.4. The number of anilines is 1. The van der Waals surface area contributed by atoms with Crippen LogP contribution in [0.5, 0.6) is 5.75 Å². The van der Waals surface area contributed by atoms with Crippen molar-refractivity contribution in [2.24, 2.45) is 4.99 Å². The predicted octanol–water partition coefficient (Wildman–Crippen LogP) is 4.35. The minimum Gasteiger partial charge on any atom is -0.484 e. The molecular weight excluding hydrogens is 508 g/mol. The molecule has 30 heavy (non-hydrogen) atoms. The number of rotatable bonds is 6. The number of ether oxygens (including phenoxy) is 1. The molecule has 9 nitrogen and oxygen atoms in total. The number of benzene rings is 2. The van der Waals surface area contributed by atoms with Crippen LogP contribution in [0, 0.1) is 5.82 Å². The van der Waals surface area contributed by atoms with Gasteiger partial charge in [0.25, 0.3) is 5.91 Å². The first kappa shape index (κ1) is 22.0. The zero-order valence-electron chi connectivity index (χ0n) is 14.7. The standard InChI is InChI=1S/C17H11BrCl2FN5O4/c18-10-5-8(1-4-13(10)21)22-16(24-28)15-17(26-30-25-15)23-14(27)7-29-9-2-3-11(19)12(20)6-9/h1-6,28H,7H2,(H,22,24)(H,23,26,27). The van der Waals surface area contributed by atoms with Crippen molar-refractivity contribution in [3.8, 4) is 5.75 Å². The molecule has 13 heteroatoms. The molecule has 0 spiro atoms. The van der Waals surface area contributed by atoms with Crippen LogP contribution >= 0.6 is 39.1 Å². The summed E-state index contributed by atoms with van der Waals surface area (Å²) in [5.41, 5.74) is 2.02. The molecule has 156 valence electrons. The van der Waals surface area contributed by atoms with E-state index in [-0.39, 0.29) is 39.1 Å². The zero-order chi connectivity index (χ0) is 21.7. The number of carbonyl (C=O) groups is 1. The second kappa shape index (κ2) is 9.85. The number of aliphatic imine (C=N–C) groups is 1. The molecule has 3 N–H and O–H groups in total. The van der Waals surface area contributed by atoms with E-state index in [9.17, 15) is 14.4 Å². The average molecular weight is 519 g/mol. The Morgan fingerprint density at radius 1 is 1.23 bits per heavy atom. The summed E-state index contributed by atoms with van der Waals surface area (Å²) in [5, 5.41) is 19.6. The lowest BCUT2D eigenvalue weighted by Crippen LogP contribution is -2.25. The molecule has 0 aliphatic rings. The van der Waals surface area contributed by atoms with Crippen LogP contribution in [-0.2, 0) is 4.79 Å². The van der Waals surface area contributed by atoms with Gasteiger partial charge in [-0.3, -0.25) is 15.5 Å². The molecule has 3 rings (SSSR count). The van der Waals surface area contributed by atoms with Crippen molar-refractivity contribution in [2.45, 2.75) is 0 Å². The van der Waals surface area contributed by atoms with Gasteiger partial charge in [0.05, 0.1) is 20.2 Å². The second-order valence-electron chi connectivity index (χ2n) is 5.54. The molecule has 1 heterocycles. The van der Waals surface area contributed by atoms with E-state index in [4.69, 9.17) is 27.9 Å². The number of hydrogen-bond acceptors (Lipinski definition) is 7. The van der Waals surface area contributed by atoms with Gasteiger partial charge in [-0.15, -0.1) is 0 Å². The van der Waals surface area contributed by atoms with Gasteiger partial charge in [0.1, 0.15) is 11.6 Å². The lowest BCUT2D eigenvalue weighted by Gasteiger charge is -2.08. The molecule has 0 saturated carbocycles. The highest BCUT2D eigenvalue weighted by Gasteiger charge is 2.19. The van der Waals surface area contributed by atoms with Gasteiger partial charge in [-0.05, 0) is 56.6 Å². The molecular formula is C17H11BrCl2FN5O4. The highest BCUT2D eigenvalue weighted by atomic mass is 79.9. The topological polar surface area (TPSA) is 122 Å². The van der Waals surface area contributed by atoms with E-state index in [1.165, 1.54) is 30.3 Å². The third-order valence-electron chi connectivity index (χ3n) is 3.48. The predicted molar refractivity (Wildman–Crippen MR) is 110 cm³/mol. The zero-order valence-corrected chi connectivity index (χ0v) is 17.8. The SMILES string of the molecule is O=C(COc1ccc(Cl)c(Cl)c1)Nc1nonc1C(=Nc1ccc(F)c(Br)c1)NO. The van der Waals surface area contributed by atoms with E-state index >= 15 is 0 Å². The Labute approximate surface area is 186 Å². The van der Waals surface area contributed by atoms with Gasteiger partial charge >= 0.3 is 0 Å².